The summed E-state index contributed by atoms with van der Waals surface area (Å²) in [6.07, 6.45) is 0.780. The monoisotopic (exact) mass is 175 g/mol. The van der Waals surface area contributed by atoms with Crippen molar-refractivity contribution in [3.8, 4) is 0 Å². The van der Waals surface area contributed by atoms with Crippen LogP contribution >= 0.6 is 0 Å². The number of aliphatic hydroxyl groups is 1. The minimum Gasteiger partial charge on any atom is -0.480 e. The van der Waals surface area contributed by atoms with Gasteiger partial charge in [0.2, 0.25) is 0 Å². The number of rotatable bonds is 6. The molecule has 2 unspecified atom stereocenters. The molecule has 0 spiro atoms. The molecule has 0 aromatic heterocycles. The zero-order chi connectivity index (χ0) is 9.56. The van der Waals surface area contributed by atoms with Gasteiger partial charge in [0.1, 0.15) is 6.04 Å². The standard InChI is InChI=1S/C8H17NO3/c1-3-7(8(11)12)9-5-4-6(2)10/h6-7,9-10H,3-5H2,1-2H3,(H,11,12). The Morgan fingerprint density at radius 1 is 1.58 bits per heavy atom. The van der Waals surface area contributed by atoms with Crippen LogP contribution in [0.4, 0.5) is 0 Å². The van der Waals surface area contributed by atoms with Crippen molar-refractivity contribution in [1.29, 1.82) is 0 Å². The van der Waals surface area contributed by atoms with Crippen molar-refractivity contribution in [3.05, 3.63) is 0 Å². The number of nitrogens with one attached hydrogen (secondary N) is 1. The third kappa shape index (κ3) is 5.09. The molecule has 12 heavy (non-hydrogen) atoms. The van der Waals surface area contributed by atoms with E-state index in [9.17, 15) is 4.79 Å². The van der Waals surface area contributed by atoms with Crippen LogP contribution < -0.4 is 5.32 Å². The fraction of sp³-hybridized carbons (Fsp3) is 0.875. The van der Waals surface area contributed by atoms with Gasteiger partial charge in [-0.1, -0.05) is 6.92 Å². The van der Waals surface area contributed by atoms with Gasteiger partial charge in [0.15, 0.2) is 0 Å². The predicted molar refractivity (Wildman–Crippen MR) is 46.0 cm³/mol. The molecular weight excluding hydrogens is 158 g/mol. The van der Waals surface area contributed by atoms with Gasteiger partial charge in [0, 0.05) is 0 Å². The molecule has 0 heterocycles. The van der Waals surface area contributed by atoms with Crippen LogP contribution in [0.2, 0.25) is 0 Å². The SMILES string of the molecule is CCC(NCCC(C)O)C(=O)O. The van der Waals surface area contributed by atoms with Crippen LogP contribution in [0.5, 0.6) is 0 Å². The van der Waals surface area contributed by atoms with Gasteiger partial charge < -0.3 is 15.5 Å². The molecule has 0 rings (SSSR count). The summed E-state index contributed by atoms with van der Waals surface area (Å²) in [7, 11) is 0. The predicted octanol–water partition coefficient (Wildman–Crippen LogP) is 0.210. The second-order valence-electron chi connectivity index (χ2n) is 2.89. The van der Waals surface area contributed by atoms with Crippen LogP contribution in [-0.2, 0) is 4.79 Å². The summed E-state index contributed by atoms with van der Waals surface area (Å²) in [6, 6.07) is -0.483. The molecule has 0 fully saturated rings. The molecule has 0 radical (unpaired) electrons. The highest BCUT2D eigenvalue weighted by atomic mass is 16.4. The third-order valence-corrected chi connectivity index (χ3v) is 1.66. The Morgan fingerprint density at radius 2 is 2.17 bits per heavy atom. The summed E-state index contributed by atoms with van der Waals surface area (Å²) in [4.78, 5) is 10.5. The topological polar surface area (TPSA) is 69.6 Å². The van der Waals surface area contributed by atoms with E-state index in [0.29, 0.717) is 19.4 Å². The van der Waals surface area contributed by atoms with Crippen molar-refractivity contribution in [3.63, 3.8) is 0 Å². The van der Waals surface area contributed by atoms with E-state index in [0.717, 1.165) is 0 Å². The van der Waals surface area contributed by atoms with E-state index >= 15 is 0 Å². The van der Waals surface area contributed by atoms with Crippen molar-refractivity contribution in [2.24, 2.45) is 0 Å². The zero-order valence-electron chi connectivity index (χ0n) is 7.58. The van der Waals surface area contributed by atoms with Gasteiger partial charge in [-0.05, 0) is 26.3 Å². The molecule has 2 atom stereocenters. The minimum absolute atomic E-state index is 0.371. The number of carboxylic acid groups (broad SMARTS) is 1. The molecule has 4 heteroatoms. The number of hydrogen-bond donors (Lipinski definition) is 3. The molecule has 0 aliphatic rings. The summed E-state index contributed by atoms with van der Waals surface area (Å²) >= 11 is 0. The average molecular weight is 175 g/mol. The van der Waals surface area contributed by atoms with E-state index in [1.807, 2.05) is 6.92 Å². The average Bonchev–Trinajstić information content (AvgIpc) is 1.96. The van der Waals surface area contributed by atoms with Gasteiger partial charge in [0.25, 0.3) is 0 Å². The summed E-state index contributed by atoms with van der Waals surface area (Å²) in [5, 5.41) is 20.3. The second-order valence-corrected chi connectivity index (χ2v) is 2.89. The number of aliphatic carboxylic acids is 1. The Hall–Kier alpha value is -0.610. The highest BCUT2D eigenvalue weighted by Gasteiger charge is 2.13. The smallest absolute Gasteiger partial charge is 0.320 e. The van der Waals surface area contributed by atoms with Crippen molar-refractivity contribution in [2.45, 2.75) is 38.8 Å². The summed E-state index contributed by atoms with van der Waals surface area (Å²) in [5.41, 5.74) is 0. The van der Waals surface area contributed by atoms with Crippen molar-refractivity contribution in [2.75, 3.05) is 6.54 Å². The van der Waals surface area contributed by atoms with E-state index in [1.54, 1.807) is 6.92 Å². The molecule has 0 aliphatic heterocycles. The van der Waals surface area contributed by atoms with Crippen LogP contribution in [0.25, 0.3) is 0 Å². The van der Waals surface area contributed by atoms with Gasteiger partial charge in [-0.2, -0.15) is 0 Å². The first-order valence-electron chi connectivity index (χ1n) is 4.22. The summed E-state index contributed by atoms with van der Waals surface area (Å²) in [5.74, 6) is -0.830. The van der Waals surface area contributed by atoms with Crippen LogP contribution in [0, 0.1) is 0 Å². The maximum absolute atomic E-state index is 10.5. The van der Waals surface area contributed by atoms with Gasteiger partial charge in [-0.15, -0.1) is 0 Å². The molecule has 3 N–H and O–H groups in total. The normalized spacial score (nSPS) is 15.6. The Morgan fingerprint density at radius 3 is 2.50 bits per heavy atom. The van der Waals surface area contributed by atoms with Gasteiger partial charge >= 0.3 is 5.97 Å². The lowest BCUT2D eigenvalue weighted by atomic mass is 10.2. The molecule has 0 saturated heterocycles. The lowest BCUT2D eigenvalue weighted by Crippen LogP contribution is -2.37. The van der Waals surface area contributed by atoms with Crippen LogP contribution in [0.1, 0.15) is 26.7 Å². The molecule has 0 amide bonds. The zero-order valence-corrected chi connectivity index (χ0v) is 7.58. The molecule has 72 valence electrons. The van der Waals surface area contributed by atoms with E-state index in [2.05, 4.69) is 5.32 Å². The Labute approximate surface area is 72.6 Å². The number of hydrogen-bond acceptors (Lipinski definition) is 3. The van der Waals surface area contributed by atoms with E-state index < -0.39 is 12.0 Å². The molecular formula is C8H17NO3. The third-order valence-electron chi connectivity index (χ3n) is 1.66. The first-order chi connectivity index (χ1) is 5.57. The molecule has 0 saturated carbocycles. The van der Waals surface area contributed by atoms with Gasteiger partial charge in [-0.3, -0.25) is 4.79 Å². The second kappa shape index (κ2) is 5.97. The fourth-order valence-electron chi connectivity index (χ4n) is 0.873. The summed E-state index contributed by atoms with van der Waals surface area (Å²) in [6.45, 7) is 4.04. The van der Waals surface area contributed by atoms with Crippen LogP contribution in [0.15, 0.2) is 0 Å². The first kappa shape index (κ1) is 11.4. The maximum Gasteiger partial charge on any atom is 0.320 e. The molecule has 4 nitrogen and oxygen atoms in total. The molecule has 0 aromatic carbocycles. The minimum atomic E-state index is -0.830. The number of carbonyl (C=O) groups is 1. The van der Waals surface area contributed by atoms with Crippen LogP contribution in [0.3, 0.4) is 0 Å². The largest absolute Gasteiger partial charge is 0.480 e. The van der Waals surface area contributed by atoms with Crippen molar-refractivity contribution < 1.29 is 15.0 Å². The van der Waals surface area contributed by atoms with E-state index in [1.165, 1.54) is 0 Å². The Kier molecular flexibility index (Phi) is 5.66. The van der Waals surface area contributed by atoms with Crippen LogP contribution in [-0.4, -0.2) is 34.9 Å². The van der Waals surface area contributed by atoms with Gasteiger partial charge in [0.05, 0.1) is 6.10 Å². The molecule has 0 aliphatic carbocycles. The maximum atomic E-state index is 10.5. The van der Waals surface area contributed by atoms with Crippen molar-refractivity contribution in [1.82, 2.24) is 5.32 Å². The lowest BCUT2D eigenvalue weighted by Gasteiger charge is -2.12. The Balaban J connectivity index is 3.52. The highest BCUT2D eigenvalue weighted by molar-refractivity contribution is 5.73. The fourth-order valence-corrected chi connectivity index (χ4v) is 0.873. The molecule has 0 bridgehead atoms. The Bertz CT molecular complexity index is 136. The molecule has 0 aromatic rings. The van der Waals surface area contributed by atoms with E-state index in [-0.39, 0.29) is 6.10 Å². The van der Waals surface area contributed by atoms with Gasteiger partial charge in [-0.25, -0.2) is 0 Å². The van der Waals surface area contributed by atoms with E-state index in [4.69, 9.17) is 10.2 Å². The number of aliphatic hydroxyl groups excluding tert-OH is 1. The first-order valence-corrected chi connectivity index (χ1v) is 4.22. The quantitative estimate of drug-likeness (QED) is 0.539. The summed E-state index contributed by atoms with van der Waals surface area (Å²) < 4.78 is 0. The number of carboxylic acids is 1. The highest BCUT2D eigenvalue weighted by Crippen LogP contribution is 1.92. The van der Waals surface area contributed by atoms with Crippen molar-refractivity contribution >= 4 is 5.97 Å². The lowest BCUT2D eigenvalue weighted by molar-refractivity contribution is -0.139.